The maximum absolute atomic E-state index is 12.4. The molecular weight excluding hydrogens is 282 g/mol. The normalized spacial score (nSPS) is 35.5. The maximum atomic E-state index is 12.4. The summed E-state index contributed by atoms with van der Waals surface area (Å²) in [5.41, 5.74) is -0.795. The number of hydrogen-bond acceptors (Lipinski definition) is 4. The Balaban J connectivity index is 2.21. The van der Waals surface area contributed by atoms with Crippen LogP contribution in [0.2, 0.25) is 0 Å². The van der Waals surface area contributed by atoms with E-state index in [0.29, 0.717) is 23.5 Å². The molecule has 6 nitrogen and oxygen atoms in total. The summed E-state index contributed by atoms with van der Waals surface area (Å²) in [5.74, 6) is -0.995. The van der Waals surface area contributed by atoms with Gasteiger partial charge in [0.15, 0.2) is 5.66 Å². The average molecular weight is 303 g/mol. The largest absolute Gasteiger partial charge is 0.286 e. The van der Waals surface area contributed by atoms with Crippen LogP contribution in [-0.2, 0) is 10.5 Å². The van der Waals surface area contributed by atoms with Crippen LogP contribution in [0.4, 0.5) is 0 Å². The third kappa shape index (κ3) is 1.80. The highest BCUT2D eigenvalue weighted by atomic mass is 16.6. The minimum atomic E-state index is -1.41. The molecule has 2 fully saturated rings. The number of benzene rings is 1. The van der Waals surface area contributed by atoms with Crippen LogP contribution in [-0.4, -0.2) is 32.3 Å². The van der Waals surface area contributed by atoms with Gasteiger partial charge in [-0.2, -0.15) is 5.06 Å². The second kappa shape index (κ2) is 5.07. The van der Waals surface area contributed by atoms with E-state index in [2.05, 4.69) is 0 Å². The second-order valence-electron chi connectivity index (χ2n) is 6.41. The lowest BCUT2D eigenvalue weighted by atomic mass is 9.69. The van der Waals surface area contributed by atoms with Crippen molar-refractivity contribution in [2.24, 2.45) is 17.8 Å². The molecule has 0 aromatic heterocycles. The van der Waals surface area contributed by atoms with Gasteiger partial charge in [0.25, 0.3) is 5.91 Å². The molecule has 0 saturated carbocycles. The van der Waals surface area contributed by atoms with Crippen LogP contribution in [0, 0.1) is 23.2 Å². The number of carbonyl (C=O) groups excluding carboxylic acids is 1. The van der Waals surface area contributed by atoms with E-state index in [-0.39, 0.29) is 23.6 Å². The van der Waals surface area contributed by atoms with Gasteiger partial charge < -0.3 is 0 Å². The zero-order chi connectivity index (χ0) is 16.1. The Bertz CT molecular complexity index is 574. The SMILES string of the molecule is CC1CC2CC(C)C(=O)N(O)C2(c2ccccc2)N(O)C1=N. The summed E-state index contributed by atoms with van der Waals surface area (Å²) in [6, 6.07) is 8.97. The molecule has 0 spiro atoms. The van der Waals surface area contributed by atoms with Gasteiger partial charge >= 0.3 is 0 Å². The first-order valence-electron chi connectivity index (χ1n) is 7.56. The molecule has 1 amide bonds. The molecule has 3 rings (SSSR count). The molecule has 2 aliphatic heterocycles. The number of piperidine rings is 2. The van der Waals surface area contributed by atoms with Gasteiger partial charge in [-0.25, -0.2) is 5.06 Å². The highest BCUT2D eigenvalue weighted by molar-refractivity contribution is 5.85. The Kier molecular flexibility index (Phi) is 3.45. The Morgan fingerprint density at radius 2 is 1.68 bits per heavy atom. The molecule has 1 aromatic rings. The summed E-state index contributed by atoms with van der Waals surface area (Å²) in [7, 11) is 0. The average Bonchev–Trinajstić information content (AvgIpc) is 2.52. The minimum Gasteiger partial charge on any atom is -0.286 e. The van der Waals surface area contributed by atoms with Crippen molar-refractivity contribution in [1.82, 2.24) is 10.1 Å². The molecule has 22 heavy (non-hydrogen) atoms. The van der Waals surface area contributed by atoms with Gasteiger partial charge in [0.2, 0.25) is 0 Å². The monoisotopic (exact) mass is 303 g/mol. The molecule has 6 heteroatoms. The number of nitrogens with one attached hydrogen (secondary N) is 1. The summed E-state index contributed by atoms with van der Waals surface area (Å²) in [6.07, 6.45) is 1.21. The van der Waals surface area contributed by atoms with Crippen LogP contribution in [0.25, 0.3) is 0 Å². The molecule has 0 bridgehead atoms. The van der Waals surface area contributed by atoms with Gasteiger partial charge in [-0.3, -0.25) is 20.6 Å². The lowest BCUT2D eigenvalue weighted by molar-refractivity contribution is -0.315. The number of amides is 1. The number of carbonyl (C=O) groups is 1. The Morgan fingerprint density at radius 3 is 2.32 bits per heavy atom. The summed E-state index contributed by atoms with van der Waals surface area (Å²) < 4.78 is 0. The predicted molar refractivity (Wildman–Crippen MR) is 79.2 cm³/mol. The standard InChI is InChI=1S/C16H21N3O3/c1-10-8-13-9-11(2)15(20)19(22)16(13,18(21)14(10)17)12-6-4-3-5-7-12/h3-7,10-11,13,17,21-22H,8-9H2,1-2H3. The number of hydroxylamine groups is 4. The van der Waals surface area contributed by atoms with Gasteiger partial charge in [0.05, 0.1) is 0 Å². The molecule has 2 aliphatic rings. The van der Waals surface area contributed by atoms with Crippen molar-refractivity contribution < 1.29 is 15.2 Å². The van der Waals surface area contributed by atoms with Crippen molar-refractivity contribution in [2.45, 2.75) is 32.4 Å². The fraction of sp³-hybridized carbons (Fsp3) is 0.500. The molecule has 4 unspecified atom stereocenters. The van der Waals surface area contributed by atoms with Crippen molar-refractivity contribution in [3.05, 3.63) is 35.9 Å². The number of amidine groups is 1. The molecule has 118 valence electrons. The molecule has 3 N–H and O–H groups in total. The topological polar surface area (TPSA) is 87.9 Å². The Labute approximate surface area is 129 Å². The first-order valence-corrected chi connectivity index (χ1v) is 7.56. The number of hydrogen-bond donors (Lipinski definition) is 3. The summed E-state index contributed by atoms with van der Waals surface area (Å²) in [6.45, 7) is 3.66. The molecule has 0 radical (unpaired) electrons. The lowest BCUT2D eigenvalue weighted by Crippen LogP contribution is -2.70. The van der Waals surface area contributed by atoms with Crippen LogP contribution in [0.15, 0.2) is 30.3 Å². The van der Waals surface area contributed by atoms with Gasteiger partial charge in [-0.1, -0.05) is 44.2 Å². The van der Waals surface area contributed by atoms with Gasteiger partial charge in [-0.05, 0) is 12.8 Å². The lowest BCUT2D eigenvalue weighted by Gasteiger charge is -2.57. The summed E-state index contributed by atoms with van der Waals surface area (Å²) >= 11 is 0. The van der Waals surface area contributed by atoms with E-state index in [1.807, 2.05) is 13.0 Å². The smallest absolute Gasteiger partial charge is 0.251 e. The molecule has 2 heterocycles. The van der Waals surface area contributed by atoms with Crippen molar-refractivity contribution in [3.8, 4) is 0 Å². The third-order valence-electron chi connectivity index (χ3n) is 5.02. The van der Waals surface area contributed by atoms with Crippen LogP contribution < -0.4 is 0 Å². The summed E-state index contributed by atoms with van der Waals surface area (Å²) in [5, 5.41) is 30.8. The van der Waals surface area contributed by atoms with Gasteiger partial charge in [-0.15, -0.1) is 0 Å². The molecule has 4 atom stereocenters. The predicted octanol–water partition coefficient (Wildman–Crippen LogP) is 2.42. The van der Waals surface area contributed by atoms with Crippen LogP contribution in [0.5, 0.6) is 0 Å². The van der Waals surface area contributed by atoms with Crippen LogP contribution in [0.3, 0.4) is 0 Å². The Hall–Kier alpha value is -1.92. The third-order valence-corrected chi connectivity index (χ3v) is 5.02. The fourth-order valence-corrected chi connectivity index (χ4v) is 3.86. The van der Waals surface area contributed by atoms with Crippen molar-refractivity contribution in [3.63, 3.8) is 0 Å². The van der Waals surface area contributed by atoms with E-state index in [0.717, 1.165) is 5.06 Å². The van der Waals surface area contributed by atoms with Gasteiger partial charge in [0, 0.05) is 23.3 Å². The first-order chi connectivity index (χ1) is 10.4. The van der Waals surface area contributed by atoms with E-state index in [1.54, 1.807) is 31.2 Å². The Morgan fingerprint density at radius 1 is 1.09 bits per heavy atom. The molecule has 0 aliphatic carbocycles. The summed E-state index contributed by atoms with van der Waals surface area (Å²) in [4.78, 5) is 12.4. The van der Waals surface area contributed by atoms with Gasteiger partial charge in [0.1, 0.15) is 5.84 Å². The molecule has 1 aromatic carbocycles. The fourth-order valence-electron chi connectivity index (χ4n) is 3.86. The minimum absolute atomic E-state index is 0.0153. The quantitative estimate of drug-likeness (QED) is 0.695. The zero-order valence-electron chi connectivity index (χ0n) is 12.7. The zero-order valence-corrected chi connectivity index (χ0v) is 12.7. The van der Waals surface area contributed by atoms with E-state index in [1.165, 1.54) is 0 Å². The highest BCUT2D eigenvalue weighted by Crippen LogP contribution is 2.51. The van der Waals surface area contributed by atoms with Crippen LogP contribution in [0.1, 0.15) is 32.3 Å². The van der Waals surface area contributed by atoms with E-state index < -0.39 is 11.6 Å². The second-order valence-corrected chi connectivity index (χ2v) is 6.41. The first kappa shape index (κ1) is 15.0. The maximum Gasteiger partial charge on any atom is 0.251 e. The number of fused-ring (bicyclic) bond motifs is 1. The van der Waals surface area contributed by atoms with E-state index >= 15 is 0 Å². The van der Waals surface area contributed by atoms with Crippen molar-refractivity contribution in [2.75, 3.05) is 0 Å². The van der Waals surface area contributed by atoms with Crippen LogP contribution >= 0.6 is 0 Å². The molecular formula is C16H21N3O3. The highest BCUT2D eigenvalue weighted by Gasteiger charge is 2.60. The van der Waals surface area contributed by atoms with Crippen molar-refractivity contribution >= 4 is 11.7 Å². The number of nitrogens with zero attached hydrogens (tertiary/aromatic N) is 2. The van der Waals surface area contributed by atoms with Crippen molar-refractivity contribution in [1.29, 1.82) is 5.41 Å². The molecule has 2 saturated heterocycles. The number of rotatable bonds is 1. The van der Waals surface area contributed by atoms with E-state index in [4.69, 9.17) is 5.41 Å². The van der Waals surface area contributed by atoms with E-state index in [9.17, 15) is 15.2 Å².